The van der Waals surface area contributed by atoms with E-state index in [0.717, 1.165) is 9.86 Å². The van der Waals surface area contributed by atoms with E-state index in [-0.39, 0.29) is 5.75 Å². The first-order chi connectivity index (χ1) is 6.72. The van der Waals surface area contributed by atoms with Crippen LogP contribution in [0.2, 0.25) is 0 Å². The average molecular weight is 252 g/mol. The Morgan fingerprint density at radius 3 is 2.79 bits per heavy atom. The van der Waals surface area contributed by atoms with Crippen LogP contribution in [-0.4, -0.2) is 16.4 Å². The van der Waals surface area contributed by atoms with Gasteiger partial charge in [0.05, 0.1) is 0 Å². The Balaban J connectivity index is 2.86. The minimum absolute atomic E-state index is 0.0758. The standard InChI is InChI=1S/C10H6BrNO2/c11-8-3-4-9(14)10-7(8)2-1-6(5-13)12-10/h1-5,14H. The molecule has 0 unspecified atom stereocenters. The van der Waals surface area contributed by atoms with Crippen molar-refractivity contribution < 1.29 is 9.90 Å². The van der Waals surface area contributed by atoms with Gasteiger partial charge in [-0.3, -0.25) is 4.79 Å². The highest BCUT2D eigenvalue weighted by Gasteiger charge is 2.05. The van der Waals surface area contributed by atoms with E-state index < -0.39 is 0 Å². The number of fused-ring (bicyclic) bond motifs is 1. The Bertz CT molecular complexity index is 511. The van der Waals surface area contributed by atoms with Gasteiger partial charge in [0.1, 0.15) is 17.0 Å². The molecule has 3 nitrogen and oxygen atoms in total. The van der Waals surface area contributed by atoms with E-state index in [4.69, 9.17) is 0 Å². The molecule has 0 bridgehead atoms. The molecule has 1 N–H and O–H groups in total. The maximum Gasteiger partial charge on any atom is 0.168 e. The fourth-order valence-electron chi connectivity index (χ4n) is 1.25. The Morgan fingerprint density at radius 2 is 2.07 bits per heavy atom. The molecule has 0 saturated carbocycles. The van der Waals surface area contributed by atoms with E-state index in [0.29, 0.717) is 17.5 Å². The van der Waals surface area contributed by atoms with E-state index in [1.165, 1.54) is 6.07 Å². The van der Waals surface area contributed by atoms with Gasteiger partial charge in [-0.1, -0.05) is 15.9 Å². The number of phenolic OH excluding ortho intramolecular Hbond substituents is 1. The first-order valence-corrected chi connectivity index (χ1v) is 4.75. The van der Waals surface area contributed by atoms with Crippen LogP contribution < -0.4 is 0 Å². The van der Waals surface area contributed by atoms with Crippen LogP contribution in [0.25, 0.3) is 10.9 Å². The van der Waals surface area contributed by atoms with Crippen LogP contribution in [0.1, 0.15) is 10.5 Å². The molecule has 70 valence electrons. The molecule has 4 heteroatoms. The number of halogens is 1. The lowest BCUT2D eigenvalue weighted by Crippen LogP contribution is -1.88. The number of aldehydes is 1. The molecule has 1 heterocycles. The fraction of sp³-hybridized carbons (Fsp3) is 0. The minimum atomic E-state index is 0.0758. The highest BCUT2D eigenvalue weighted by Crippen LogP contribution is 2.29. The molecular formula is C10H6BrNO2. The monoisotopic (exact) mass is 251 g/mol. The van der Waals surface area contributed by atoms with E-state index in [1.54, 1.807) is 18.2 Å². The molecule has 0 aliphatic heterocycles. The zero-order chi connectivity index (χ0) is 10.1. The molecule has 1 aromatic heterocycles. The first kappa shape index (κ1) is 9.15. The van der Waals surface area contributed by atoms with Crippen molar-refractivity contribution in [1.29, 1.82) is 0 Å². The van der Waals surface area contributed by atoms with Gasteiger partial charge in [0, 0.05) is 9.86 Å². The Labute approximate surface area is 88.5 Å². The van der Waals surface area contributed by atoms with Gasteiger partial charge < -0.3 is 5.11 Å². The third-order valence-electron chi connectivity index (χ3n) is 1.92. The predicted octanol–water partition coefficient (Wildman–Crippen LogP) is 2.52. The topological polar surface area (TPSA) is 50.2 Å². The summed E-state index contributed by atoms with van der Waals surface area (Å²) in [6.45, 7) is 0. The summed E-state index contributed by atoms with van der Waals surface area (Å²) in [6, 6.07) is 6.63. The zero-order valence-electron chi connectivity index (χ0n) is 7.07. The van der Waals surface area contributed by atoms with Gasteiger partial charge in [-0.15, -0.1) is 0 Å². The van der Waals surface area contributed by atoms with Gasteiger partial charge in [-0.2, -0.15) is 0 Å². The van der Waals surface area contributed by atoms with Gasteiger partial charge in [0.2, 0.25) is 0 Å². The SMILES string of the molecule is O=Cc1ccc2c(Br)ccc(O)c2n1. The molecule has 0 aliphatic rings. The van der Waals surface area contributed by atoms with E-state index in [1.807, 2.05) is 0 Å². The maximum absolute atomic E-state index is 10.5. The Morgan fingerprint density at radius 1 is 1.29 bits per heavy atom. The second-order valence-corrected chi connectivity index (χ2v) is 3.67. The Kier molecular flexibility index (Phi) is 2.21. The van der Waals surface area contributed by atoms with Gasteiger partial charge in [-0.25, -0.2) is 4.98 Å². The molecule has 14 heavy (non-hydrogen) atoms. The summed E-state index contributed by atoms with van der Waals surface area (Å²) < 4.78 is 0.843. The van der Waals surface area contributed by atoms with Gasteiger partial charge >= 0.3 is 0 Å². The summed E-state index contributed by atoms with van der Waals surface area (Å²) in [7, 11) is 0. The number of carbonyl (C=O) groups is 1. The number of aromatic nitrogens is 1. The van der Waals surface area contributed by atoms with E-state index in [2.05, 4.69) is 20.9 Å². The molecule has 0 fully saturated rings. The second kappa shape index (κ2) is 3.38. The highest BCUT2D eigenvalue weighted by molar-refractivity contribution is 9.10. The van der Waals surface area contributed by atoms with Crippen LogP contribution in [0.4, 0.5) is 0 Å². The van der Waals surface area contributed by atoms with Crippen molar-refractivity contribution in [3.63, 3.8) is 0 Å². The van der Waals surface area contributed by atoms with Crippen LogP contribution in [0, 0.1) is 0 Å². The molecule has 1 aromatic carbocycles. The number of nitrogens with zero attached hydrogens (tertiary/aromatic N) is 1. The van der Waals surface area contributed by atoms with Crippen LogP contribution in [-0.2, 0) is 0 Å². The summed E-state index contributed by atoms with van der Waals surface area (Å²) in [5.41, 5.74) is 0.745. The average Bonchev–Trinajstić information content (AvgIpc) is 2.23. The quantitative estimate of drug-likeness (QED) is 0.793. The minimum Gasteiger partial charge on any atom is -0.506 e. The molecular weight excluding hydrogens is 246 g/mol. The number of phenols is 1. The smallest absolute Gasteiger partial charge is 0.168 e. The number of rotatable bonds is 1. The van der Waals surface area contributed by atoms with Gasteiger partial charge in [0.25, 0.3) is 0 Å². The highest BCUT2D eigenvalue weighted by atomic mass is 79.9. The molecule has 0 saturated heterocycles. The summed E-state index contributed by atoms with van der Waals surface area (Å²) >= 11 is 3.34. The van der Waals surface area contributed by atoms with Gasteiger partial charge in [0.15, 0.2) is 6.29 Å². The summed E-state index contributed by atoms with van der Waals surface area (Å²) in [4.78, 5) is 14.5. The normalized spacial score (nSPS) is 10.4. The lowest BCUT2D eigenvalue weighted by atomic mass is 10.2. The first-order valence-electron chi connectivity index (χ1n) is 3.96. The third kappa shape index (κ3) is 1.37. The number of carbonyl (C=O) groups excluding carboxylic acids is 1. The van der Waals surface area contributed by atoms with E-state index >= 15 is 0 Å². The molecule has 0 radical (unpaired) electrons. The summed E-state index contributed by atoms with van der Waals surface area (Å²) in [5, 5.41) is 10.3. The lowest BCUT2D eigenvalue weighted by molar-refractivity contribution is 0.111. The predicted molar refractivity (Wildman–Crippen MR) is 56.5 cm³/mol. The van der Waals surface area contributed by atoms with Gasteiger partial charge in [-0.05, 0) is 24.3 Å². The van der Waals surface area contributed by atoms with Crippen molar-refractivity contribution in [2.75, 3.05) is 0 Å². The molecule has 0 amide bonds. The summed E-state index contributed by atoms with van der Waals surface area (Å²) in [5.74, 6) is 0.0758. The fourth-order valence-corrected chi connectivity index (χ4v) is 1.70. The third-order valence-corrected chi connectivity index (χ3v) is 2.62. The summed E-state index contributed by atoms with van der Waals surface area (Å²) in [6.07, 6.45) is 0.653. The largest absolute Gasteiger partial charge is 0.506 e. The number of benzene rings is 1. The lowest BCUT2D eigenvalue weighted by Gasteiger charge is -2.02. The van der Waals surface area contributed by atoms with Crippen LogP contribution in [0.3, 0.4) is 0 Å². The second-order valence-electron chi connectivity index (χ2n) is 2.82. The molecule has 0 atom stereocenters. The number of aromatic hydroxyl groups is 1. The van der Waals surface area contributed by atoms with Crippen LogP contribution >= 0.6 is 15.9 Å². The molecule has 0 aliphatic carbocycles. The van der Waals surface area contributed by atoms with Crippen molar-refractivity contribution in [3.05, 3.63) is 34.4 Å². The van der Waals surface area contributed by atoms with Crippen molar-refractivity contribution in [2.45, 2.75) is 0 Å². The van der Waals surface area contributed by atoms with E-state index in [9.17, 15) is 9.90 Å². The van der Waals surface area contributed by atoms with Crippen molar-refractivity contribution >= 4 is 33.1 Å². The van der Waals surface area contributed by atoms with Crippen molar-refractivity contribution in [1.82, 2.24) is 4.98 Å². The molecule has 2 aromatic rings. The zero-order valence-corrected chi connectivity index (χ0v) is 8.65. The molecule has 0 spiro atoms. The number of hydrogen-bond acceptors (Lipinski definition) is 3. The maximum atomic E-state index is 10.5. The van der Waals surface area contributed by atoms with Crippen molar-refractivity contribution in [3.8, 4) is 5.75 Å². The molecule has 2 rings (SSSR count). The number of hydrogen-bond donors (Lipinski definition) is 1. The van der Waals surface area contributed by atoms with Crippen LogP contribution in [0.15, 0.2) is 28.7 Å². The van der Waals surface area contributed by atoms with Crippen LogP contribution in [0.5, 0.6) is 5.75 Å². The number of pyridine rings is 1. The van der Waals surface area contributed by atoms with Crippen molar-refractivity contribution in [2.24, 2.45) is 0 Å². The Hall–Kier alpha value is -1.42.